The maximum atomic E-state index is 10.4. The van der Waals surface area contributed by atoms with E-state index in [1.807, 2.05) is 0 Å². The first-order chi connectivity index (χ1) is 5.54. The monoisotopic (exact) mass is 191 g/mol. The first-order valence-electron chi connectivity index (χ1n) is 3.41. The van der Waals surface area contributed by atoms with Gasteiger partial charge in [0.25, 0.3) is 0 Å². The van der Waals surface area contributed by atoms with E-state index in [1.54, 1.807) is 0 Å². The number of carbonyl (C=O) groups is 2. The minimum absolute atomic E-state index is 0.102. The van der Waals surface area contributed by atoms with Crippen molar-refractivity contribution in [2.45, 2.75) is 13.0 Å². The Labute approximate surface area is 75.2 Å². The van der Waals surface area contributed by atoms with Crippen LogP contribution in [0.5, 0.6) is 0 Å². The Hall–Kier alpha value is -0.750. The number of nitrogens with one attached hydrogen (secondary N) is 1. The molecule has 0 saturated heterocycles. The van der Waals surface area contributed by atoms with Gasteiger partial charge in [-0.25, -0.2) is 0 Å². The third-order valence-electron chi connectivity index (χ3n) is 1.09. The van der Waals surface area contributed by atoms with Crippen LogP contribution in [-0.2, 0) is 9.59 Å². The molecule has 0 aromatic heterocycles. The Balaban J connectivity index is 3.31. The van der Waals surface area contributed by atoms with Crippen molar-refractivity contribution in [3.8, 4) is 0 Å². The van der Waals surface area contributed by atoms with Gasteiger partial charge in [-0.05, 0) is 0 Å². The van der Waals surface area contributed by atoms with E-state index in [0.717, 1.165) is 0 Å². The largest absolute Gasteiger partial charge is 0.368 e. The van der Waals surface area contributed by atoms with Crippen LogP contribution in [-0.4, -0.2) is 29.5 Å². The highest BCUT2D eigenvalue weighted by Gasteiger charge is 2.07. The highest BCUT2D eigenvalue weighted by molar-refractivity contribution is 7.99. The first-order valence-corrected chi connectivity index (χ1v) is 4.56. The molecule has 0 aliphatic heterocycles. The molecular formula is C6H13N3O2S. The van der Waals surface area contributed by atoms with Crippen molar-refractivity contribution in [1.82, 2.24) is 5.32 Å². The second-order valence-electron chi connectivity index (χ2n) is 2.26. The van der Waals surface area contributed by atoms with E-state index in [2.05, 4.69) is 5.32 Å². The normalized spacial score (nSPS) is 12.2. The Kier molecular flexibility index (Phi) is 5.48. The predicted octanol–water partition coefficient (Wildman–Crippen LogP) is -1.37. The van der Waals surface area contributed by atoms with E-state index in [9.17, 15) is 9.59 Å². The smallest absolute Gasteiger partial charge is 0.235 e. The molecule has 5 N–H and O–H groups in total. The number of hydrogen-bond acceptors (Lipinski definition) is 4. The lowest BCUT2D eigenvalue weighted by Crippen LogP contribution is -2.38. The summed E-state index contributed by atoms with van der Waals surface area (Å²) in [6.07, 6.45) is 0. The molecule has 0 bridgehead atoms. The van der Waals surface area contributed by atoms with Crippen LogP contribution in [0.15, 0.2) is 0 Å². The SMILES string of the molecule is CC(=O)NCSCC(N)C(N)=O. The number of hydrogen-bond donors (Lipinski definition) is 3. The molecule has 0 heterocycles. The Morgan fingerprint density at radius 3 is 2.58 bits per heavy atom. The average molecular weight is 191 g/mol. The van der Waals surface area contributed by atoms with Gasteiger partial charge in [-0.2, -0.15) is 0 Å². The van der Waals surface area contributed by atoms with E-state index >= 15 is 0 Å². The van der Waals surface area contributed by atoms with Gasteiger partial charge in [0.2, 0.25) is 11.8 Å². The maximum Gasteiger partial charge on any atom is 0.235 e. The summed E-state index contributed by atoms with van der Waals surface area (Å²) in [4.78, 5) is 20.8. The van der Waals surface area contributed by atoms with E-state index in [1.165, 1.54) is 18.7 Å². The second-order valence-corrected chi connectivity index (χ2v) is 3.29. The van der Waals surface area contributed by atoms with Crippen LogP contribution in [0.1, 0.15) is 6.92 Å². The zero-order valence-corrected chi connectivity index (χ0v) is 7.69. The molecule has 0 aromatic rings. The van der Waals surface area contributed by atoms with Gasteiger partial charge >= 0.3 is 0 Å². The standard InChI is InChI=1S/C6H13N3O2S/c1-4(10)9-3-12-2-5(7)6(8)11/h5H,2-3,7H2,1H3,(H2,8,11)(H,9,10). The summed E-state index contributed by atoms with van der Waals surface area (Å²) in [5.41, 5.74) is 10.2. The number of primary amides is 1. The van der Waals surface area contributed by atoms with Crippen LogP contribution in [0.3, 0.4) is 0 Å². The van der Waals surface area contributed by atoms with E-state index in [4.69, 9.17) is 11.5 Å². The summed E-state index contributed by atoms with van der Waals surface area (Å²) in [5.74, 6) is 0.256. The van der Waals surface area contributed by atoms with Crippen LogP contribution in [0.25, 0.3) is 0 Å². The van der Waals surface area contributed by atoms with Crippen LogP contribution < -0.4 is 16.8 Å². The molecule has 1 atom stereocenters. The van der Waals surface area contributed by atoms with Gasteiger partial charge < -0.3 is 16.8 Å². The number of rotatable bonds is 5. The van der Waals surface area contributed by atoms with E-state index in [-0.39, 0.29) is 5.91 Å². The quantitative estimate of drug-likeness (QED) is 0.368. The van der Waals surface area contributed by atoms with Crippen molar-refractivity contribution in [1.29, 1.82) is 0 Å². The zero-order valence-electron chi connectivity index (χ0n) is 6.87. The average Bonchev–Trinajstić information content (AvgIpc) is 1.97. The number of carbonyl (C=O) groups excluding carboxylic acids is 2. The van der Waals surface area contributed by atoms with Crippen molar-refractivity contribution in [3.63, 3.8) is 0 Å². The van der Waals surface area contributed by atoms with Crippen LogP contribution in [0, 0.1) is 0 Å². The molecule has 0 saturated carbocycles. The van der Waals surface area contributed by atoms with Gasteiger partial charge in [-0.3, -0.25) is 9.59 Å². The highest BCUT2D eigenvalue weighted by atomic mass is 32.2. The zero-order chi connectivity index (χ0) is 9.56. The molecule has 0 fully saturated rings. The van der Waals surface area contributed by atoms with Crippen LogP contribution in [0.4, 0.5) is 0 Å². The molecule has 0 spiro atoms. The van der Waals surface area contributed by atoms with Gasteiger partial charge in [0.15, 0.2) is 0 Å². The third-order valence-corrected chi connectivity index (χ3v) is 2.03. The van der Waals surface area contributed by atoms with E-state index in [0.29, 0.717) is 11.6 Å². The van der Waals surface area contributed by atoms with Crippen LogP contribution >= 0.6 is 11.8 Å². The fourth-order valence-electron chi connectivity index (χ4n) is 0.421. The summed E-state index contributed by atoms with van der Waals surface area (Å²) in [7, 11) is 0. The lowest BCUT2D eigenvalue weighted by Gasteiger charge is -2.06. The Morgan fingerprint density at radius 1 is 1.58 bits per heavy atom. The minimum Gasteiger partial charge on any atom is -0.368 e. The molecule has 12 heavy (non-hydrogen) atoms. The fraction of sp³-hybridized carbons (Fsp3) is 0.667. The molecule has 0 radical (unpaired) electrons. The number of thioether (sulfide) groups is 1. The number of amides is 2. The third kappa shape index (κ3) is 5.99. The van der Waals surface area contributed by atoms with Gasteiger partial charge in [-0.1, -0.05) is 0 Å². The lowest BCUT2D eigenvalue weighted by molar-refractivity contribution is -0.119. The molecule has 70 valence electrons. The van der Waals surface area contributed by atoms with Crippen molar-refractivity contribution < 1.29 is 9.59 Å². The fourth-order valence-corrected chi connectivity index (χ4v) is 1.26. The summed E-state index contributed by atoms with van der Waals surface area (Å²) < 4.78 is 0. The lowest BCUT2D eigenvalue weighted by atomic mass is 10.3. The Morgan fingerprint density at radius 2 is 2.17 bits per heavy atom. The number of nitrogens with two attached hydrogens (primary N) is 2. The van der Waals surface area contributed by atoms with Crippen molar-refractivity contribution in [2.75, 3.05) is 11.6 Å². The summed E-state index contributed by atoms with van der Waals surface area (Å²) in [6.45, 7) is 1.43. The van der Waals surface area contributed by atoms with E-state index < -0.39 is 11.9 Å². The molecule has 0 rings (SSSR count). The molecule has 6 heteroatoms. The van der Waals surface area contributed by atoms with Crippen molar-refractivity contribution in [2.24, 2.45) is 11.5 Å². The highest BCUT2D eigenvalue weighted by Crippen LogP contribution is 1.98. The summed E-state index contributed by atoms with van der Waals surface area (Å²) >= 11 is 1.36. The predicted molar refractivity (Wildman–Crippen MR) is 48.3 cm³/mol. The Bertz CT molecular complexity index is 174. The topological polar surface area (TPSA) is 98.2 Å². The molecule has 0 aromatic carbocycles. The maximum absolute atomic E-state index is 10.4. The molecule has 0 aliphatic rings. The molecule has 2 amide bonds. The molecular weight excluding hydrogens is 178 g/mol. The van der Waals surface area contributed by atoms with Gasteiger partial charge in [0.05, 0.1) is 11.9 Å². The van der Waals surface area contributed by atoms with Gasteiger partial charge in [0, 0.05) is 12.7 Å². The minimum atomic E-state index is -0.635. The molecule has 5 nitrogen and oxygen atoms in total. The van der Waals surface area contributed by atoms with Gasteiger partial charge in [0.1, 0.15) is 0 Å². The summed E-state index contributed by atoms with van der Waals surface area (Å²) in [5, 5.41) is 2.56. The second kappa shape index (κ2) is 5.84. The molecule has 0 aliphatic carbocycles. The van der Waals surface area contributed by atoms with Crippen LogP contribution in [0.2, 0.25) is 0 Å². The summed E-state index contributed by atoms with van der Waals surface area (Å²) in [6, 6.07) is -0.635. The van der Waals surface area contributed by atoms with Crippen molar-refractivity contribution in [3.05, 3.63) is 0 Å². The molecule has 1 unspecified atom stereocenters. The van der Waals surface area contributed by atoms with Crippen molar-refractivity contribution >= 4 is 23.6 Å². The van der Waals surface area contributed by atoms with Gasteiger partial charge in [-0.15, -0.1) is 11.8 Å². The first kappa shape index (κ1) is 11.2.